The van der Waals surface area contributed by atoms with Crippen molar-refractivity contribution >= 4 is 29.3 Å². The molecular weight excluding hydrogens is 600 g/mol. The van der Waals surface area contributed by atoms with E-state index in [1.54, 1.807) is 54.1 Å². The first-order valence-corrected chi connectivity index (χ1v) is 14.7. The average Bonchev–Trinajstić information content (AvgIpc) is 3.48. The molecule has 0 saturated carbocycles. The average molecular weight is 633 g/mol. The summed E-state index contributed by atoms with van der Waals surface area (Å²) in [4.78, 5) is 45.6. The van der Waals surface area contributed by atoms with Crippen LogP contribution >= 0.6 is 11.6 Å². The van der Waals surface area contributed by atoms with Gasteiger partial charge in [0.1, 0.15) is 18.2 Å². The second kappa shape index (κ2) is 14.6. The summed E-state index contributed by atoms with van der Waals surface area (Å²) in [5.41, 5.74) is 1.16. The fraction of sp³-hybridized carbons (Fsp3) is 0.281. The summed E-state index contributed by atoms with van der Waals surface area (Å²) in [5, 5.41) is 11.0. The van der Waals surface area contributed by atoms with Gasteiger partial charge in [-0.25, -0.2) is 9.67 Å². The van der Waals surface area contributed by atoms with Crippen molar-refractivity contribution in [3.63, 3.8) is 0 Å². The molecule has 0 radical (unpaired) electrons. The Bertz CT molecular complexity index is 1650. The first kappa shape index (κ1) is 31.3. The van der Waals surface area contributed by atoms with Crippen LogP contribution in [0.1, 0.15) is 29.1 Å². The van der Waals surface area contributed by atoms with E-state index in [1.807, 2.05) is 30.3 Å². The Morgan fingerprint density at radius 1 is 1.04 bits per heavy atom. The van der Waals surface area contributed by atoms with Gasteiger partial charge < -0.3 is 29.7 Å². The van der Waals surface area contributed by atoms with Gasteiger partial charge in [-0.2, -0.15) is 5.10 Å². The number of fused-ring (bicyclic) bond motifs is 3. The third-order valence-corrected chi connectivity index (χ3v) is 7.27. The molecule has 13 heteroatoms. The standard InChI is InChI=1S/C32H33ClN6O6/c1-21-31-36-30(22-6-4-3-5-7-22)37-39(31)16-17-44-27-18-23(8-13-26(27)43-2)32(42)34-14-15-38(19-28(40)35-21)29(41)20-45-25-11-9-24(33)10-12-25/h3-13,18,21H,14-17,19-20H2,1-2H3,(H,34,42)(H,35,40)/t21-/m1/s1. The largest absolute Gasteiger partial charge is 0.493 e. The van der Waals surface area contributed by atoms with E-state index in [1.165, 1.54) is 12.0 Å². The molecule has 3 aromatic carbocycles. The number of ether oxygens (including phenoxy) is 3. The number of halogens is 1. The number of methoxy groups -OCH3 is 1. The number of rotatable bonds is 5. The zero-order valence-corrected chi connectivity index (χ0v) is 25.6. The fourth-order valence-electron chi connectivity index (χ4n) is 4.71. The van der Waals surface area contributed by atoms with Crippen LogP contribution in [0.3, 0.4) is 0 Å². The molecule has 45 heavy (non-hydrogen) atoms. The summed E-state index contributed by atoms with van der Waals surface area (Å²) in [6, 6.07) is 20.4. The first-order valence-electron chi connectivity index (χ1n) is 14.4. The number of nitrogens with one attached hydrogen (secondary N) is 2. The van der Waals surface area contributed by atoms with Crippen LogP contribution < -0.4 is 24.8 Å². The highest BCUT2D eigenvalue weighted by molar-refractivity contribution is 6.30. The number of nitrogens with zero attached hydrogens (tertiary/aromatic N) is 4. The molecule has 12 nitrogen and oxygen atoms in total. The van der Waals surface area contributed by atoms with Gasteiger partial charge in [-0.3, -0.25) is 14.4 Å². The Labute approximate surface area is 265 Å². The molecule has 1 atom stereocenters. The van der Waals surface area contributed by atoms with E-state index >= 15 is 0 Å². The molecule has 0 spiro atoms. The lowest BCUT2D eigenvalue weighted by Gasteiger charge is -2.23. The van der Waals surface area contributed by atoms with Crippen LogP contribution in [0.15, 0.2) is 72.8 Å². The van der Waals surface area contributed by atoms with Crippen molar-refractivity contribution in [2.75, 3.05) is 40.0 Å². The Morgan fingerprint density at radius 3 is 2.58 bits per heavy atom. The Morgan fingerprint density at radius 2 is 1.82 bits per heavy atom. The van der Waals surface area contributed by atoms with Gasteiger partial charge in [0.15, 0.2) is 23.9 Å². The molecule has 2 bridgehead atoms. The highest BCUT2D eigenvalue weighted by Crippen LogP contribution is 2.28. The van der Waals surface area contributed by atoms with Crippen LogP contribution in [-0.4, -0.2) is 77.3 Å². The molecule has 0 saturated heterocycles. The van der Waals surface area contributed by atoms with Crippen LogP contribution in [-0.2, 0) is 16.1 Å². The SMILES string of the molecule is COc1ccc2cc1OCCn1nc(-c3ccccc3)nc1[C@@H](C)NC(=O)CN(C(=O)COc1ccc(Cl)cc1)CCNC2=O. The van der Waals surface area contributed by atoms with Crippen molar-refractivity contribution in [1.29, 1.82) is 0 Å². The van der Waals surface area contributed by atoms with E-state index in [2.05, 4.69) is 10.6 Å². The maximum Gasteiger partial charge on any atom is 0.261 e. The summed E-state index contributed by atoms with van der Waals surface area (Å²) < 4.78 is 18.8. The summed E-state index contributed by atoms with van der Waals surface area (Å²) in [6.07, 6.45) is 0. The normalized spacial score (nSPS) is 16.0. The molecule has 3 amide bonds. The molecule has 1 aliphatic heterocycles. The van der Waals surface area contributed by atoms with E-state index in [9.17, 15) is 14.4 Å². The van der Waals surface area contributed by atoms with Gasteiger partial charge in [0.25, 0.3) is 11.8 Å². The second-order valence-corrected chi connectivity index (χ2v) is 10.6. The van der Waals surface area contributed by atoms with Crippen LogP contribution in [0.2, 0.25) is 5.02 Å². The number of aromatic nitrogens is 3. The number of carbonyl (C=O) groups is 3. The monoisotopic (exact) mass is 632 g/mol. The summed E-state index contributed by atoms with van der Waals surface area (Å²) in [6.45, 7) is 1.84. The van der Waals surface area contributed by atoms with Crippen LogP contribution in [0.4, 0.5) is 0 Å². The number of carbonyl (C=O) groups excluding carboxylic acids is 3. The van der Waals surface area contributed by atoms with Crippen molar-refractivity contribution < 1.29 is 28.6 Å². The Balaban J connectivity index is 1.41. The lowest BCUT2D eigenvalue weighted by Crippen LogP contribution is -2.46. The predicted octanol–water partition coefficient (Wildman–Crippen LogP) is 3.51. The molecule has 1 aromatic heterocycles. The number of amides is 3. The fourth-order valence-corrected chi connectivity index (χ4v) is 4.84. The number of benzene rings is 3. The Hall–Kier alpha value is -5.10. The summed E-state index contributed by atoms with van der Waals surface area (Å²) in [5.74, 6) is 1.08. The van der Waals surface area contributed by atoms with Crippen LogP contribution in [0.25, 0.3) is 11.4 Å². The molecule has 1 aliphatic rings. The van der Waals surface area contributed by atoms with Gasteiger partial charge in [-0.1, -0.05) is 41.9 Å². The van der Waals surface area contributed by atoms with Crippen molar-refractivity contribution in [2.45, 2.75) is 19.5 Å². The lowest BCUT2D eigenvalue weighted by molar-refractivity contribution is -0.137. The molecule has 5 rings (SSSR count). The van der Waals surface area contributed by atoms with Crippen molar-refractivity contribution in [3.8, 4) is 28.6 Å². The van der Waals surface area contributed by atoms with E-state index in [0.717, 1.165) is 5.56 Å². The molecule has 4 aromatic rings. The smallest absolute Gasteiger partial charge is 0.261 e. The van der Waals surface area contributed by atoms with Crippen LogP contribution in [0, 0.1) is 0 Å². The maximum absolute atomic E-state index is 13.3. The van der Waals surface area contributed by atoms with E-state index in [0.29, 0.717) is 46.0 Å². The minimum atomic E-state index is -0.557. The highest BCUT2D eigenvalue weighted by Gasteiger charge is 2.23. The topological polar surface area (TPSA) is 137 Å². The van der Waals surface area contributed by atoms with Gasteiger partial charge in [0, 0.05) is 29.2 Å². The van der Waals surface area contributed by atoms with Crippen molar-refractivity contribution in [2.24, 2.45) is 0 Å². The van der Waals surface area contributed by atoms with Gasteiger partial charge in [-0.15, -0.1) is 0 Å². The minimum absolute atomic E-state index is 0.0597. The zero-order valence-electron chi connectivity index (χ0n) is 24.9. The van der Waals surface area contributed by atoms with Gasteiger partial charge >= 0.3 is 0 Å². The summed E-state index contributed by atoms with van der Waals surface area (Å²) in [7, 11) is 1.52. The van der Waals surface area contributed by atoms with Gasteiger partial charge in [0.05, 0.1) is 26.2 Å². The minimum Gasteiger partial charge on any atom is -0.493 e. The van der Waals surface area contributed by atoms with E-state index < -0.39 is 17.9 Å². The highest BCUT2D eigenvalue weighted by atomic mass is 35.5. The van der Waals surface area contributed by atoms with Gasteiger partial charge in [-0.05, 0) is 49.4 Å². The zero-order chi connectivity index (χ0) is 31.8. The first-order chi connectivity index (χ1) is 21.8. The second-order valence-electron chi connectivity index (χ2n) is 10.2. The summed E-state index contributed by atoms with van der Waals surface area (Å²) >= 11 is 5.94. The Kier molecular flexibility index (Phi) is 10.2. The van der Waals surface area contributed by atoms with E-state index in [4.69, 9.17) is 35.9 Å². The molecule has 0 aliphatic carbocycles. The third-order valence-electron chi connectivity index (χ3n) is 7.01. The van der Waals surface area contributed by atoms with Gasteiger partial charge in [0.2, 0.25) is 5.91 Å². The number of hydrogen-bond donors (Lipinski definition) is 2. The van der Waals surface area contributed by atoms with Crippen molar-refractivity contribution in [1.82, 2.24) is 30.3 Å². The third kappa shape index (κ3) is 8.09. The molecular formula is C32H33ClN6O6. The molecule has 0 fully saturated rings. The molecule has 2 N–H and O–H groups in total. The number of hydrogen-bond acceptors (Lipinski definition) is 8. The van der Waals surface area contributed by atoms with E-state index in [-0.39, 0.29) is 38.8 Å². The predicted molar refractivity (Wildman–Crippen MR) is 166 cm³/mol. The van der Waals surface area contributed by atoms with Crippen LogP contribution in [0.5, 0.6) is 17.2 Å². The van der Waals surface area contributed by atoms with Crippen molar-refractivity contribution in [3.05, 3.63) is 89.2 Å². The lowest BCUT2D eigenvalue weighted by atomic mass is 10.2. The maximum atomic E-state index is 13.3. The molecule has 0 unspecified atom stereocenters. The molecule has 2 heterocycles. The molecule has 234 valence electrons. The quantitative estimate of drug-likeness (QED) is 0.341.